The number of rotatable bonds is 9. The van der Waals surface area contributed by atoms with Gasteiger partial charge in [-0.1, -0.05) is 31.5 Å². The number of benzene rings is 1. The summed E-state index contributed by atoms with van der Waals surface area (Å²) in [6.07, 6.45) is 2.24. The van der Waals surface area contributed by atoms with E-state index in [1.165, 1.54) is 4.90 Å². The lowest BCUT2D eigenvalue weighted by molar-refractivity contribution is -0.147. The van der Waals surface area contributed by atoms with E-state index < -0.39 is 11.5 Å². The van der Waals surface area contributed by atoms with Gasteiger partial charge in [-0.25, -0.2) is 4.79 Å². The minimum atomic E-state index is -1.15. The number of carbonyl (C=O) groups excluding carboxylic acids is 1. The third-order valence-electron chi connectivity index (χ3n) is 3.20. The molecule has 0 saturated carbocycles. The predicted octanol–water partition coefficient (Wildman–Crippen LogP) is 3.32. The molecule has 5 heteroatoms. The first-order valence-corrected chi connectivity index (χ1v) is 8.19. The van der Waals surface area contributed by atoms with Crippen molar-refractivity contribution in [1.29, 1.82) is 0 Å². The zero-order valence-corrected chi connectivity index (χ0v) is 13.4. The highest BCUT2D eigenvalue weighted by atomic mass is 32.2. The van der Waals surface area contributed by atoms with Crippen molar-refractivity contribution >= 4 is 23.6 Å². The summed E-state index contributed by atoms with van der Waals surface area (Å²) in [6, 6.07) is 10.0. The SMILES string of the molecule is CCCC(C)(NC(=O)CCCSc1ccccc1)C(=O)O. The molecule has 0 aliphatic rings. The van der Waals surface area contributed by atoms with Gasteiger partial charge in [0.05, 0.1) is 0 Å². The van der Waals surface area contributed by atoms with Crippen LogP contribution in [0.2, 0.25) is 0 Å². The van der Waals surface area contributed by atoms with Crippen molar-refractivity contribution in [2.24, 2.45) is 0 Å². The van der Waals surface area contributed by atoms with Crippen LogP contribution < -0.4 is 5.32 Å². The first-order chi connectivity index (χ1) is 9.98. The smallest absolute Gasteiger partial charge is 0.329 e. The molecule has 1 amide bonds. The lowest BCUT2D eigenvalue weighted by atomic mass is 9.96. The number of thioether (sulfide) groups is 1. The Morgan fingerprint density at radius 3 is 2.52 bits per heavy atom. The number of nitrogens with one attached hydrogen (secondary N) is 1. The Balaban J connectivity index is 2.32. The van der Waals surface area contributed by atoms with Crippen molar-refractivity contribution in [3.8, 4) is 0 Å². The van der Waals surface area contributed by atoms with Gasteiger partial charge in [0.25, 0.3) is 0 Å². The van der Waals surface area contributed by atoms with Gasteiger partial charge in [-0.05, 0) is 37.7 Å². The minimum Gasteiger partial charge on any atom is -0.480 e. The number of aliphatic carboxylic acids is 1. The molecule has 0 heterocycles. The van der Waals surface area contributed by atoms with Crippen LogP contribution >= 0.6 is 11.8 Å². The van der Waals surface area contributed by atoms with E-state index in [0.717, 1.165) is 12.2 Å². The van der Waals surface area contributed by atoms with E-state index in [9.17, 15) is 14.7 Å². The van der Waals surface area contributed by atoms with Gasteiger partial charge in [0.15, 0.2) is 0 Å². The molecule has 4 nitrogen and oxygen atoms in total. The third kappa shape index (κ3) is 6.21. The molecule has 116 valence electrons. The molecule has 1 aromatic carbocycles. The summed E-state index contributed by atoms with van der Waals surface area (Å²) in [6.45, 7) is 3.47. The normalized spacial score (nSPS) is 13.4. The van der Waals surface area contributed by atoms with Crippen molar-refractivity contribution in [2.75, 3.05) is 5.75 Å². The lowest BCUT2D eigenvalue weighted by Gasteiger charge is -2.25. The third-order valence-corrected chi connectivity index (χ3v) is 4.30. The van der Waals surface area contributed by atoms with Gasteiger partial charge >= 0.3 is 5.97 Å². The second kappa shape index (κ2) is 8.72. The van der Waals surface area contributed by atoms with Crippen LogP contribution in [0.4, 0.5) is 0 Å². The summed E-state index contributed by atoms with van der Waals surface area (Å²) in [4.78, 5) is 24.3. The second-order valence-corrected chi connectivity index (χ2v) is 6.37. The molecule has 0 bridgehead atoms. The van der Waals surface area contributed by atoms with Gasteiger partial charge in [0.1, 0.15) is 5.54 Å². The Hall–Kier alpha value is -1.49. The van der Waals surface area contributed by atoms with Crippen LogP contribution in [0.3, 0.4) is 0 Å². The molecule has 1 atom stereocenters. The molecule has 0 fully saturated rings. The van der Waals surface area contributed by atoms with Crippen LogP contribution in [0, 0.1) is 0 Å². The average Bonchev–Trinajstić information content (AvgIpc) is 2.45. The summed E-state index contributed by atoms with van der Waals surface area (Å²) in [5, 5.41) is 11.9. The fourth-order valence-corrected chi connectivity index (χ4v) is 2.91. The molecule has 1 unspecified atom stereocenters. The highest BCUT2D eigenvalue weighted by molar-refractivity contribution is 7.99. The van der Waals surface area contributed by atoms with Crippen molar-refractivity contribution in [3.05, 3.63) is 30.3 Å². The van der Waals surface area contributed by atoms with Gasteiger partial charge in [0.2, 0.25) is 5.91 Å². The van der Waals surface area contributed by atoms with Gasteiger partial charge < -0.3 is 10.4 Å². The van der Waals surface area contributed by atoms with Crippen molar-refractivity contribution in [2.45, 2.75) is 50.0 Å². The highest BCUT2D eigenvalue weighted by Gasteiger charge is 2.33. The monoisotopic (exact) mass is 309 g/mol. The van der Waals surface area contributed by atoms with Crippen LogP contribution in [0.5, 0.6) is 0 Å². The first-order valence-electron chi connectivity index (χ1n) is 7.20. The van der Waals surface area contributed by atoms with Crippen molar-refractivity contribution in [3.63, 3.8) is 0 Å². The molecule has 1 aromatic rings. The Kier molecular flexibility index (Phi) is 7.29. The van der Waals surface area contributed by atoms with Crippen LogP contribution in [0.15, 0.2) is 35.2 Å². The first kappa shape index (κ1) is 17.6. The maximum absolute atomic E-state index is 11.9. The molecule has 21 heavy (non-hydrogen) atoms. The summed E-state index contributed by atoms with van der Waals surface area (Å²) >= 11 is 1.70. The highest BCUT2D eigenvalue weighted by Crippen LogP contribution is 2.19. The summed E-state index contributed by atoms with van der Waals surface area (Å²) in [5.41, 5.74) is -1.15. The largest absolute Gasteiger partial charge is 0.480 e. The van der Waals surface area contributed by atoms with E-state index in [0.29, 0.717) is 19.3 Å². The lowest BCUT2D eigenvalue weighted by Crippen LogP contribution is -2.52. The van der Waals surface area contributed by atoms with Crippen LogP contribution in [-0.4, -0.2) is 28.3 Å². The van der Waals surface area contributed by atoms with E-state index in [-0.39, 0.29) is 5.91 Å². The molecule has 1 rings (SSSR count). The fraction of sp³-hybridized carbons (Fsp3) is 0.500. The molecule has 0 saturated heterocycles. The molecule has 0 aliphatic carbocycles. The molecular formula is C16H23NO3S. The molecule has 0 radical (unpaired) electrons. The van der Waals surface area contributed by atoms with E-state index in [1.54, 1.807) is 18.7 Å². The van der Waals surface area contributed by atoms with E-state index >= 15 is 0 Å². The Morgan fingerprint density at radius 2 is 1.95 bits per heavy atom. The summed E-state index contributed by atoms with van der Waals surface area (Å²) < 4.78 is 0. The standard InChI is InChI=1S/C16H23NO3S/c1-3-11-16(2,15(19)20)17-14(18)10-7-12-21-13-8-5-4-6-9-13/h4-6,8-9H,3,7,10-12H2,1-2H3,(H,17,18)(H,19,20). The number of hydrogen-bond acceptors (Lipinski definition) is 3. The molecule has 0 spiro atoms. The predicted molar refractivity (Wildman–Crippen MR) is 85.5 cm³/mol. The van der Waals surface area contributed by atoms with Gasteiger partial charge in [-0.3, -0.25) is 4.79 Å². The number of carboxylic acids is 1. The zero-order chi connectivity index (χ0) is 15.7. The summed E-state index contributed by atoms with van der Waals surface area (Å²) in [7, 11) is 0. The second-order valence-electron chi connectivity index (χ2n) is 5.20. The minimum absolute atomic E-state index is 0.193. The molecule has 2 N–H and O–H groups in total. The van der Waals surface area contributed by atoms with E-state index in [1.807, 2.05) is 37.3 Å². The van der Waals surface area contributed by atoms with Gasteiger partial charge in [-0.15, -0.1) is 11.8 Å². The number of carboxylic acid groups (broad SMARTS) is 1. The maximum Gasteiger partial charge on any atom is 0.329 e. The van der Waals surface area contributed by atoms with Crippen molar-refractivity contribution in [1.82, 2.24) is 5.32 Å². The zero-order valence-electron chi connectivity index (χ0n) is 12.6. The van der Waals surface area contributed by atoms with E-state index in [2.05, 4.69) is 5.32 Å². The molecule has 0 aromatic heterocycles. The topological polar surface area (TPSA) is 66.4 Å². The van der Waals surface area contributed by atoms with Gasteiger partial charge in [-0.2, -0.15) is 0 Å². The Bertz CT molecular complexity index is 464. The number of hydrogen-bond donors (Lipinski definition) is 2. The Morgan fingerprint density at radius 1 is 1.29 bits per heavy atom. The number of amides is 1. The van der Waals surface area contributed by atoms with Crippen LogP contribution in [0.1, 0.15) is 39.5 Å². The van der Waals surface area contributed by atoms with Crippen LogP contribution in [-0.2, 0) is 9.59 Å². The summed E-state index contributed by atoms with van der Waals surface area (Å²) in [5.74, 6) is -0.326. The maximum atomic E-state index is 11.9. The fourth-order valence-electron chi connectivity index (χ4n) is 2.03. The quantitative estimate of drug-likeness (QED) is 0.542. The Labute approximate surface area is 130 Å². The van der Waals surface area contributed by atoms with E-state index in [4.69, 9.17) is 0 Å². The van der Waals surface area contributed by atoms with Gasteiger partial charge in [0, 0.05) is 11.3 Å². The molecular weight excluding hydrogens is 286 g/mol. The van der Waals surface area contributed by atoms with Crippen molar-refractivity contribution < 1.29 is 14.7 Å². The molecule has 0 aliphatic heterocycles. The van der Waals surface area contributed by atoms with Crippen LogP contribution in [0.25, 0.3) is 0 Å². The number of carbonyl (C=O) groups is 2. The average molecular weight is 309 g/mol.